The summed E-state index contributed by atoms with van der Waals surface area (Å²) in [5.41, 5.74) is 6.48. The molecule has 1 aromatic rings. The fourth-order valence-electron chi connectivity index (χ4n) is 1.33. The van der Waals surface area contributed by atoms with Crippen molar-refractivity contribution in [2.75, 3.05) is 32.1 Å². The fraction of sp³-hybridized carbons (Fsp3) is 0.417. The number of aliphatic hydroxyl groups is 1. The zero-order valence-corrected chi connectivity index (χ0v) is 10.7. The van der Waals surface area contributed by atoms with Gasteiger partial charge in [-0.1, -0.05) is 11.6 Å². The predicted molar refractivity (Wildman–Crippen MR) is 70.7 cm³/mol. The minimum Gasteiger partial charge on any atom is -0.398 e. The molecule has 4 N–H and O–H groups in total. The number of hydrogen-bond donors (Lipinski definition) is 3. The van der Waals surface area contributed by atoms with Gasteiger partial charge in [-0.25, -0.2) is 0 Å². The highest BCUT2D eigenvalue weighted by atomic mass is 35.5. The van der Waals surface area contributed by atoms with Gasteiger partial charge in [0.05, 0.1) is 23.9 Å². The molecule has 0 bridgehead atoms. The van der Waals surface area contributed by atoms with Crippen LogP contribution >= 0.6 is 11.6 Å². The van der Waals surface area contributed by atoms with Gasteiger partial charge in [-0.3, -0.25) is 4.79 Å². The van der Waals surface area contributed by atoms with Crippen LogP contribution in [-0.4, -0.2) is 37.4 Å². The minimum absolute atomic E-state index is 0.0103. The van der Waals surface area contributed by atoms with E-state index in [1.165, 1.54) is 0 Å². The SMILES string of the molecule is Nc1cc(C(=O)NCCCOCCO)ccc1Cl. The van der Waals surface area contributed by atoms with Gasteiger partial charge in [-0.05, 0) is 24.6 Å². The molecule has 1 amide bonds. The monoisotopic (exact) mass is 272 g/mol. The third kappa shape index (κ3) is 4.91. The number of anilines is 1. The number of amides is 1. The van der Waals surface area contributed by atoms with E-state index in [9.17, 15) is 4.79 Å². The molecule has 0 radical (unpaired) electrons. The molecule has 6 heteroatoms. The second-order valence-electron chi connectivity index (χ2n) is 3.68. The Bertz CT molecular complexity index is 399. The lowest BCUT2D eigenvalue weighted by molar-refractivity contribution is 0.0867. The molecular weight excluding hydrogens is 256 g/mol. The lowest BCUT2D eigenvalue weighted by Crippen LogP contribution is -2.25. The number of nitrogens with two attached hydrogens (primary N) is 1. The summed E-state index contributed by atoms with van der Waals surface area (Å²) in [4.78, 5) is 11.7. The number of nitrogen functional groups attached to an aromatic ring is 1. The van der Waals surface area contributed by atoms with Gasteiger partial charge in [0.2, 0.25) is 0 Å². The first-order chi connectivity index (χ1) is 8.65. The largest absolute Gasteiger partial charge is 0.398 e. The summed E-state index contributed by atoms with van der Waals surface area (Å²) in [5.74, 6) is -0.194. The molecule has 1 aromatic carbocycles. The Hall–Kier alpha value is -1.30. The summed E-state index contributed by atoms with van der Waals surface area (Å²) >= 11 is 5.77. The molecule has 0 atom stereocenters. The number of carbonyl (C=O) groups excluding carboxylic acids is 1. The number of aliphatic hydroxyl groups excluding tert-OH is 1. The quantitative estimate of drug-likeness (QED) is 0.512. The summed E-state index contributed by atoms with van der Waals surface area (Å²) in [7, 11) is 0. The molecule has 0 heterocycles. The number of halogens is 1. The summed E-state index contributed by atoms with van der Waals surface area (Å²) < 4.78 is 5.07. The molecule has 18 heavy (non-hydrogen) atoms. The Kier molecular flexibility index (Phi) is 6.49. The molecule has 100 valence electrons. The van der Waals surface area contributed by atoms with Crippen molar-refractivity contribution in [2.24, 2.45) is 0 Å². The van der Waals surface area contributed by atoms with E-state index in [-0.39, 0.29) is 12.5 Å². The van der Waals surface area contributed by atoms with Gasteiger partial charge in [0.1, 0.15) is 0 Å². The first kappa shape index (κ1) is 14.8. The predicted octanol–water partition coefficient (Wildman–Crippen LogP) is 1.05. The number of carbonyl (C=O) groups is 1. The second kappa shape index (κ2) is 7.92. The maximum absolute atomic E-state index is 11.7. The van der Waals surface area contributed by atoms with Crippen LogP contribution in [0.5, 0.6) is 0 Å². The minimum atomic E-state index is -0.194. The average molecular weight is 273 g/mol. The van der Waals surface area contributed by atoms with Gasteiger partial charge in [0.15, 0.2) is 0 Å². The number of rotatable bonds is 7. The lowest BCUT2D eigenvalue weighted by Gasteiger charge is -2.06. The zero-order valence-electron chi connectivity index (χ0n) is 9.99. The van der Waals surface area contributed by atoms with Crippen LogP contribution in [0.1, 0.15) is 16.8 Å². The van der Waals surface area contributed by atoms with Crippen LogP contribution < -0.4 is 11.1 Å². The van der Waals surface area contributed by atoms with E-state index in [1.54, 1.807) is 18.2 Å². The molecule has 0 saturated heterocycles. The Labute approximate surface area is 111 Å². The third-order valence-electron chi connectivity index (χ3n) is 2.24. The Morgan fingerprint density at radius 1 is 1.44 bits per heavy atom. The highest BCUT2D eigenvalue weighted by Gasteiger charge is 2.06. The maximum atomic E-state index is 11.7. The molecule has 0 saturated carbocycles. The van der Waals surface area contributed by atoms with Crippen molar-refractivity contribution in [1.29, 1.82) is 0 Å². The summed E-state index contributed by atoms with van der Waals surface area (Å²) in [6, 6.07) is 4.76. The van der Waals surface area contributed by atoms with Crippen molar-refractivity contribution in [3.63, 3.8) is 0 Å². The normalized spacial score (nSPS) is 10.3. The fourth-order valence-corrected chi connectivity index (χ4v) is 1.45. The second-order valence-corrected chi connectivity index (χ2v) is 4.09. The van der Waals surface area contributed by atoms with Crippen LogP contribution in [-0.2, 0) is 4.74 Å². The topological polar surface area (TPSA) is 84.6 Å². The van der Waals surface area contributed by atoms with Crippen molar-refractivity contribution in [1.82, 2.24) is 5.32 Å². The van der Waals surface area contributed by atoms with Gasteiger partial charge in [-0.2, -0.15) is 0 Å². The van der Waals surface area contributed by atoms with Crippen LogP contribution in [0.3, 0.4) is 0 Å². The molecule has 0 unspecified atom stereocenters. The first-order valence-corrected chi connectivity index (χ1v) is 6.04. The molecule has 0 spiro atoms. The average Bonchev–Trinajstić information content (AvgIpc) is 2.36. The van der Waals surface area contributed by atoms with Gasteiger partial charge in [0, 0.05) is 18.7 Å². The molecule has 0 fully saturated rings. The molecule has 1 rings (SSSR count). The van der Waals surface area contributed by atoms with Crippen molar-refractivity contribution in [2.45, 2.75) is 6.42 Å². The molecule has 0 aromatic heterocycles. The van der Waals surface area contributed by atoms with E-state index in [1.807, 2.05) is 0 Å². The zero-order chi connectivity index (χ0) is 13.4. The Balaban J connectivity index is 2.30. The van der Waals surface area contributed by atoms with E-state index >= 15 is 0 Å². The van der Waals surface area contributed by atoms with Crippen molar-refractivity contribution in [3.8, 4) is 0 Å². The van der Waals surface area contributed by atoms with Gasteiger partial charge >= 0.3 is 0 Å². The Morgan fingerprint density at radius 2 is 2.22 bits per heavy atom. The first-order valence-electron chi connectivity index (χ1n) is 5.67. The smallest absolute Gasteiger partial charge is 0.251 e. The van der Waals surface area contributed by atoms with Crippen molar-refractivity contribution in [3.05, 3.63) is 28.8 Å². The van der Waals surface area contributed by atoms with Gasteiger partial charge < -0.3 is 20.9 Å². The van der Waals surface area contributed by atoms with Crippen LogP contribution in [0.2, 0.25) is 5.02 Å². The highest BCUT2D eigenvalue weighted by molar-refractivity contribution is 6.33. The standard InChI is InChI=1S/C12H17ClN2O3/c13-10-3-2-9(8-11(10)14)12(17)15-4-1-6-18-7-5-16/h2-3,8,16H,1,4-7,14H2,(H,15,17). The van der Waals surface area contributed by atoms with E-state index in [0.717, 1.165) is 0 Å². The van der Waals surface area contributed by atoms with E-state index in [2.05, 4.69) is 5.32 Å². The van der Waals surface area contributed by atoms with Crippen molar-refractivity contribution < 1.29 is 14.6 Å². The molecule has 0 aliphatic carbocycles. The summed E-state index contributed by atoms with van der Waals surface area (Å²) in [6.45, 7) is 1.34. The molecule has 0 aliphatic heterocycles. The maximum Gasteiger partial charge on any atom is 0.251 e. The summed E-state index contributed by atoms with van der Waals surface area (Å²) in [6.07, 6.45) is 0.689. The van der Waals surface area contributed by atoms with Crippen LogP contribution in [0.25, 0.3) is 0 Å². The van der Waals surface area contributed by atoms with E-state index in [0.29, 0.717) is 42.5 Å². The van der Waals surface area contributed by atoms with E-state index < -0.39 is 0 Å². The molecular formula is C12H17ClN2O3. The van der Waals surface area contributed by atoms with E-state index in [4.69, 9.17) is 27.2 Å². The van der Waals surface area contributed by atoms with Crippen LogP contribution in [0.4, 0.5) is 5.69 Å². The number of ether oxygens (including phenoxy) is 1. The number of nitrogens with one attached hydrogen (secondary N) is 1. The van der Waals surface area contributed by atoms with Crippen molar-refractivity contribution >= 4 is 23.2 Å². The van der Waals surface area contributed by atoms with Gasteiger partial charge in [-0.15, -0.1) is 0 Å². The van der Waals surface area contributed by atoms with Gasteiger partial charge in [0.25, 0.3) is 5.91 Å². The Morgan fingerprint density at radius 3 is 2.89 bits per heavy atom. The summed E-state index contributed by atoms with van der Waals surface area (Å²) in [5, 5.41) is 11.7. The highest BCUT2D eigenvalue weighted by Crippen LogP contribution is 2.19. The number of hydrogen-bond acceptors (Lipinski definition) is 4. The molecule has 0 aliphatic rings. The third-order valence-corrected chi connectivity index (χ3v) is 2.59. The molecule has 5 nitrogen and oxygen atoms in total. The van der Waals surface area contributed by atoms with Crippen LogP contribution in [0, 0.1) is 0 Å². The lowest BCUT2D eigenvalue weighted by atomic mass is 10.2. The number of benzene rings is 1. The van der Waals surface area contributed by atoms with Crippen LogP contribution in [0.15, 0.2) is 18.2 Å².